The molecule has 2 rings (SSSR count). The summed E-state index contributed by atoms with van der Waals surface area (Å²) in [7, 11) is 1.75. The van der Waals surface area contributed by atoms with Gasteiger partial charge in [0.1, 0.15) is 0 Å². The highest BCUT2D eigenvalue weighted by Gasteiger charge is 2.17. The number of guanidine groups is 1. The summed E-state index contributed by atoms with van der Waals surface area (Å²) in [5.41, 5.74) is 0. The molecule has 0 bridgehead atoms. The van der Waals surface area contributed by atoms with Gasteiger partial charge in [-0.3, -0.25) is 9.79 Å². The van der Waals surface area contributed by atoms with Crippen molar-refractivity contribution < 1.29 is 4.79 Å². The summed E-state index contributed by atoms with van der Waals surface area (Å²) in [6.07, 6.45) is 9.75. The predicted octanol–water partition coefficient (Wildman–Crippen LogP) is 1.97. The van der Waals surface area contributed by atoms with Crippen LogP contribution in [-0.4, -0.2) is 43.1 Å². The van der Waals surface area contributed by atoms with E-state index in [0.29, 0.717) is 25.4 Å². The summed E-state index contributed by atoms with van der Waals surface area (Å²) in [6, 6.07) is 4.03. The maximum absolute atomic E-state index is 11.8. The second kappa shape index (κ2) is 12.2. The molecule has 1 heterocycles. The van der Waals surface area contributed by atoms with Crippen LogP contribution >= 0.6 is 24.0 Å². The number of carbonyl (C=O) groups excluding carboxylic acids is 1. The number of aromatic nitrogens is 1. The zero-order valence-electron chi connectivity index (χ0n) is 14.5. The van der Waals surface area contributed by atoms with E-state index < -0.39 is 0 Å². The maximum Gasteiger partial charge on any atom is 0.220 e. The van der Waals surface area contributed by atoms with E-state index in [4.69, 9.17) is 0 Å². The first-order chi connectivity index (χ1) is 11.3. The fraction of sp³-hybridized carbons (Fsp3) is 0.647. The first kappa shape index (κ1) is 20.8. The molecule has 1 saturated carbocycles. The quantitative estimate of drug-likeness (QED) is 0.247. The molecule has 1 aromatic heterocycles. The van der Waals surface area contributed by atoms with Crippen molar-refractivity contribution in [3.63, 3.8) is 0 Å². The molecule has 0 aromatic carbocycles. The predicted molar refractivity (Wildman–Crippen MR) is 109 cm³/mol. The minimum atomic E-state index is 0. The van der Waals surface area contributed by atoms with Crippen LogP contribution in [0.2, 0.25) is 0 Å². The number of rotatable bonds is 8. The molecule has 7 heteroatoms. The van der Waals surface area contributed by atoms with Gasteiger partial charge in [0.2, 0.25) is 5.91 Å². The lowest BCUT2D eigenvalue weighted by Crippen LogP contribution is -2.42. The third-order valence-electron chi connectivity index (χ3n) is 4.24. The normalized spacial score (nSPS) is 15.0. The van der Waals surface area contributed by atoms with E-state index in [1.54, 1.807) is 7.05 Å². The number of hydrogen-bond donors (Lipinski definition) is 3. The lowest BCUT2D eigenvalue weighted by Gasteiger charge is -2.13. The van der Waals surface area contributed by atoms with E-state index in [-0.39, 0.29) is 29.9 Å². The van der Waals surface area contributed by atoms with Crippen LogP contribution in [0.1, 0.15) is 32.1 Å². The monoisotopic (exact) mass is 447 g/mol. The number of hydrogen-bond acceptors (Lipinski definition) is 2. The molecule has 0 aliphatic heterocycles. The first-order valence-corrected chi connectivity index (χ1v) is 8.60. The Morgan fingerprint density at radius 2 is 1.71 bits per heavy atom. The molecule has 1 amide bonds. The van der Waals surface area contributed by atoms with Gasteiger partial charge in [0, 0.05) is 52.0 Å². The van der Waals surface area contributed by atoms with Crippen molar-refractivity contribution in [1.82, 2.24) is 20.5 Å². The molecule has 0 unspecified atom stereocenters. The van der Waals surface area contributed by atoms with Gasteiger partial charge in [-0.05, 0) is 30.9 Å². The highest BCUT2D eigenvalue weighted by molar-refractivity contribution is 14.0. The van der Waals surface area contributed by atoms with E-state index >= 15 is 0 Å². The summed E-state index contributed by atoms with van der Waals surface area (Å²) >= 11 is 0. The highest BCUT2D eigenvalue weighted by Crippen LogP contribution is 2.27. The minimum absolute atomic E-state index is 0. The van der Waals surface area contributed by atoms with Crippen LogP contribution in [-0.2, 0) is 11.3 Å². The van der Waals surface area contributed by atoms with Gasteiger partial charge < -0.3 is 20.5 Å². The number of halogens is 1. The van der Waals surface area contributed by atoms with Crippen LogP contribution in [0.5, 0.6) is 0 Å². The Kier molecular flexibility index (Phi) is 10.5. The van der Waals surface area contributed by atoms with Crippen molar-refractivity contribution in [2.24, 2.45) is 10.9 Å². The second-order valence-corrected chi connectivity index (χ2v) is 6.05. The average Bonchev–Trinajstić information content (AvgIpc) is 3.23. The Morgan fingerprint density at radius 1 is 1.08 bits per heavy atom. The van der Waals surface area contributed by atoms with Crippen molar-refractivity contribution in [2.45, 2.75) is 38.6 Å². The van der Waals surface area contributed by atoms with Crippen molar-refractivity contribution in [2.75, 3.05) is 26.7 Å². The third kappa shape index (κ3) is 8.03. The first-order valence-electron chi connectivity index (χ1n) is 8.60. The van der Waals surface area contributed by atoms with E-state index in [2.05, 4.69) is 25.5 Å². The van der Waals surface area contributed by atoms with Crippen molar-refractivity contribution in [3.05, 3.63) is 24.5 Å². The van der Waals surface area contributed by atoms with Gasteiger partial charge in [-0.1, -0.05) is 12.8 Å². The summed E-state index contributed by atoms with van der Waals surface area (Å²) in [5, 5.41) is 9.45. The molecule has 136 valence electrons. The number of amides is 1. The fourth-order valence-corrected chi connectivity index (χ4v) is 2.97. The van der Waals surface area contributed by atoms with Gasteiger partial charge in [-0.25, -0.2) is 0 Å². The van der Waals surface area contributed by atoms with Crippen LogP contribution < -0.4 is 16.0 Å². The number of nitrogens with zero attached hydrogens (tertiary/aromatic N) is 2. The van der Waals surface area contributed by atoms with Gasteiger partial charge >= 0.3 is 0 Å². The standard InChI is InChI=1S/C17H29N5O.HI/c1-18-17(21-10-13-22-11-4-5-12-22)20-9-8-19-16(23)14-15-6-2-3-7-15;/h4-5,11-12,15H,2-3,6-10,13-14H2,1H3,(H,19,23)(H2,18,20,21);1H. The number of carbonyl (C=O) groups is 1. The van der Waals surface area contributed by atoms with Crippen molar-refractivity contribution in [3.8, 4) is 0 Å². The zero-order chi connectivity index (χ0) is 16.3. The molecular formula is C17H30IN5O. The summed E-state index contributed by atoms with van der Waals surface area (Å²) in [4.78, 5) is 16.0. The molecule has 1 aliphatic rings. The molecule has 3 N–H and O–H groups in total. The van der Waals surface area contributed by atoms with E-state index in [1.807, 2.05) is 24.5 Å². The van der Waals surface area contributed by atoms with Crippen molar-refractivity contribution >= 4 is 35.8 Å². The Labute approximate surface area is 161 Å². The molecule has 0 saturated heterocycles. The Balaban J connectivity index is 0.00000288. The largest absolute Gasteiger partial charge is 0.355 e. The lowest BCUT2D eigenvalue weighted by atomic mass is 10.0. The van der Waals surface area contributed by atoms with Gasteiger partial charge in [0.15, 0.2) is 5.96 Å². The van der Waals surface area contributed by atoms with Crippen LogP contribution in [0.15, 0.2) is 29.5 Å². The lowest BCUT2D eigenvalue weighted by molar-refractivity contribution is -0.121. The Morgan fingerprint density at radius 3 is 2.38 bits per heavy atom. The van der Waals surface area contributed by atoms with Gasteiger partial charge in [0.05, 0.1) is 0 Å². The minimum Gasteiger partial charge on any atom is -0.355 e. The SMILES string of the molecule is CN=C(NCCNC(=O)CC1CCCC1)NCCn1cccc1.I. The van der Waals surface area contributed by atoms with Crippen molar-refractivity contribution in [1.29, 1.82) is 0 Å². The van der Waals surface area contributed by atoms with Crippen LogP contribution in [0.25, 0.3) is 0 Å². The number of aliphatic imine (C=N–C) groups is 1. The molecule has 1 fully saturated rings. The molecule has 0 radical (unpaired) electrons. The van der Waals surface area contributed by atoms with Crippen LogP contribution in [0, 0.1) is 5.92 Å². The third-order valence-corrected chi connectivity index (χ3v) is 4.24. The fourth-order valence-electron chi connectivity index (χ4n) is 2.97. The van der Waals surface area contributed by atoms with Gasteiger partial charge in [-0.15, -0.1) is 24.0 Å². The Bertz CT molecular complexity index is 483. The smallest absolute Gasteiger partial charge is 0.220 e. The Hall–Kier alpha value is -1.25. The van der Waals surface area contributed by atoms with Gasteiger partial charge in [-0.2, -0.15) is 0 Å². The molecule has 0 spiro atoms. The van der Waals surface area contributed by atoms with E-state index in [1.165, 1.54) is 25.7 Å². The molecule has 0 atom stereocenters. The summed E-state index contributed by atoms with van der Waals surface area (Å²) < 4.78 is 2.11. The van der Waals surface area contributed by atoms with Crippen LogP contribution in [0.4, 0.5) is 0 Å². The molecule has 24 heavy (non-hydrogen) atoms. The molecule has 1 aliphatic carbocycles. The summed E-state index contributed by atoms with van der Waals surface area (Å²) in [6.45, 7) is 3.01. The zero-order valence-corrected chi connectivity index (χ0v) is 16.8. The second-order valence-electron chi connectivity index (χ2n) is 6.05. The molecular weight excluding hydrogens is 417 g/mol. The highest BCUT2D eigenvalue weighted by atomic mass is 127. The van der Waals surface area contributed by atoms with Crippen LogP contribution in [0.3, 0.4) is 0 Å². The van der Waals surface area contributed by atoms with E-state index in [9.17, 15) is 4.79 Å². The summed E-state index contributed by atoms with van der Waals surface area (Å²) in [5.74, 6) is 1.54. The maximum atomic E-state index is 11.8. The topological polar surface area (TPSA) is 70.4 Å². The molecule has 6 nitrogen and oxygen atoms in total. The average molecular weight is 447 g/mol. The van der Waals surface area contributed by atoms with E-state index in [0.717, 1.165) is 19.0 Å². The van der Waals surface area contributed by atoms with Gasteiger partial charge in [0.25, 0.3) is 0 Å². The molecule has 1 aromatic rings. The number of nitrogens with one attached hydrogen (secondary N) is 3.